The summed E-state index contributed by atoms with van der Waals surface area (Å²) < 4.78 is 0. The Morgan fingerprint density at radius 2 is 2.11 bits per heavy atom. The fourth-order valence-electron chi connectivity index (χ4n) is 2.26. The minimum Gasteiger partial charge on any atom is -0.480 e. The average molecular weight is 279 g/mol. The molecule has 0 radical (unpaired) electrons. The molecule has 1 aromatic carbocycles. The van der Waals surface area contributed by atoms with Gasteiger partial charge in [-0.1, -0.05) is 17.7 Å². The molecule has 1 saturated heterocycles. The van der Waals surface area contributed by atoms with Gasteiger partial charge in [0.05, 0.1) is 0 Å². The number of rotatable bonds is 2. The highest BCUT2D eigenvalue weighted by atomic mass is 32.2. The van der Waals surface area contributed by atoms with Gasteiger partial charge in [-0.2, -0.15) is 11.8 Å². The molecule has 1 N–H and O–H groups in total. The highest BCUT2D eigenvalue weighted by Crippen LogP contribution is 2.21. The van der Waals surface area contributed by atoms with Crippen molar-refractivity contribution in [2.45, 2.75) is 19.9 Å². The Hall–Kier alpha value is -1.49. The number of amides is 1. The third kappa shape index (κ3) is 2.92. The van der Waals surface area contributed by atoms with E-state index in [9.17, 15) is 14.7 Å². The Kier molecular flexibility index (Phi) is 4.14. The molecule has 4 nitrogen and oxygen atoms in total. The van der Waals surface area contributed by atoms with Crippen LogP contribution in [0.3, 0.4) is 0 Å². The van der Waals surface area contributed by atoms with Crippen molar-refractivity contribution in [2.24, 2.45) is 0 Å². The zero-order valence-corrected chi connectivity index (χ0v) is 11.9. The molecule has 0 saturated carbocycles. The number of nitrogens with zero attached hydrogens (tertiary/aromatic N) is 1. The number of carboxylic acid groups (broad SMARTS) is 1. The smallest absolute Gasteiger partial charge is 0.327 e. The van der Waals surface area contributed by atoms with Crippen molar-refractivity contribution in [3.8, 4) is 0 Å². The summed E-state index contributed by atoms with van der Waals surface area (Å²) in [6.07, 6.45) is 0. The molecule has 1 aliphatic heterocycles. The van der Waals surface area contributed by atoms with E-state index in [2.05, 4.69) is 0 Å². The van der Waals surface area contributed by atoms with Gasteiger partial charge in [0.1, 0.15) is 6.04 Å². The van der Waals surface area contributed by atoms with Gasteiger partial charge in [0.2, 0.25) is 0 Å². The van der Waals surface area contributed by atoms with Crippen LogP contribution in [0.15, 0.2) is 18.2 Å². The molecule has 5 heteroatoms. The topological polar surface area (TPSA) is 57.6 Å². The molecular weight excluding hydrogens is 262 g/mol. The van der Waals surface area contributed by atoms with E-state index < -0.39 is 12.0 Å². The zero-order valence-electron chi connectivity index (χ0n) is 11.0. The van der Waals surface area contributed by atoms with Crippen LogP contribution in [-0.2, 0) is 4.79 Å². The Morgan fingerprint density at radius 1 is 1.37 bits per heavy atom. The Morgan fingerprint density at radius 3 is 2.74 bits per heavy atom. The van der Waals surface area contributed by atoms with E-state index in [-0.39, 0.29) is 5.91 Å². The fraction of sp³-hybridized carbons (Fsp3) is 0.429. The first-order chi connectivity index (χ1) is 9.00. The maximum atomic E-state index is 12.5. The van der Waals surface area contributed by atoms with Gasteiger partial charge in [-0.15, -0.1) is 0 Å². The van der Waals surface area contributed by atoms with Crippen LogP contribution < -0.4 is 0 Å². The van der Waals surface area contributed by atoms with Gasteiger partial charge in [-0.25, -0.2) is 4.79 Å². The molecule has 19 heavy (non-hydrogen) atoms. The molecule has 0 aliphatic carbocycles. The predicted molar refractivity (Wildman–Crippen MR) is 75.7 cm³/mol. The number of aliphatic carboxylic acids is 1. The van der Waals surface area contributed by atoms with Crippen LogP contribution in [-0.4, -0.2) is 46.0 Å². The standard InChI is InChI=1S/C14H17NO3S/c1-9-3-4-11(10(2)7-9)13(16)15-5-6-19-8-12(15)14(17)18/h3-4,7,12H,5-6,8H2,1-2H3,(H,17,18). The molecule has 1 amide bonds. The Balaban J connectivity index is 2.28. The van der Waals surface area contributed by atoms with Gasteiger partial charge in [-0.3, -0.25) is 4.79 Å². The van der Waals surface area contributed by atoms with Crippen LogP contribution in [0.4, 0.5) is 0 Å². The van der Waals surface area contributed by atoms with Gasteiger partial charge in [-0.05, 0) is 25.5 Å². The summed E-state index contributed by atoms with van der Waals surface area (Å²) in [4.78, 5) is 25.2. The molecule has 1 heterocycles. The monoisotopic (exact) mass is 279 g/mol. The Bertz CT molecular complexity index is 515. The SMILES string of the molecule is Cc1ccc(C(=O)N2CCSCC2C(=O)O)c(C)c1. The lowest BCUT2D eigenvalue weighted by Gasteiger charge is -2.33. The van der Waals surface area contributed by atoms with E-state index >= 15 is 0 Å². The lowest BCUT2D eigenvalue weighted by Crippen LogP contribution is -2.50. The fourth-order valence-corrected chi connectivity index (χ4v) is 3.30. The molecule has 2 rings (SSSR count). The largest absolute Gasteiger partial charge is 0.480 e. The molecule has 0 spiro atoms. The number of carbonyl (C=O) groups excluding carboxylic acids is 1. The van der Waals surface area contributed by atoms with E-state index in [1.807, 2.05) is 26.0 Å². The van der Waals surface area contributed by atoms with Gasteiger partial charge in [0, 0.05) is 23.6 Å². The molecule has 1 fully saturated rings. The minimum absolute atomic E-state index is 0.176. The van der Waals surface area contributed by atoms with E-state index in [4.69, 9.17) is 0 Å². The van der Waals surface area contributed by atoms with E-state index in [1.54, 1.807) is 17.8 Å². The first-order valence-corrected chi connectivity index (χ1v) is 7.35. The second kappa shape index (κ2) is 5.65. The summed E-state index contributed by atoms with van der Waals surface area (Å²) in [6.45, 7) is 4.35. The van der Waals surface area contributed by atoms with Crippen LogP contribution in [0.1, 0.15) is 21.5 Å². The van der Waals surface area contributed by atoms with E-state index in [0.717, 1.165) is 16.9 Å². The lowest BCUT2D eigenvalue weighted by molar-refractivity contribution is -0.141. The average Bonchev–Trinajstić information content (AvgIpc) is 2.38. The summed E-state index contributed by atoms with van der Waals surface area (Å²) >= 11 is 1.58. The van der Waals surface area contributed by atoms with Crippen LogP contribution in [0, 0.1) is 13.8 Å². The van der Waals surface area contributed by atoms with E-state index in [0.29, 0.717) is 17.9 Å². The third-order valence-electron chi connectivity index (χ3n) is 3.29. The number of hydrogen-bond acceptors (Lipinski definition) is 3. The zero-order chi connectivity index (χ0) is 14.0. The van der Waals surface area contributed by atoms with Crippen LogP contribution in [0.5, 0.6) is 0 Å². The van der Waals surface area contributed by atoms with Crippen LogP contribution in [0.2, 0.25) is 0 Å². The molecular formula is C14H17NO3S. The van der Waals surface area contributed by atoms with Crippen LogP contribution >= 0.6 is 11.8 Å². The molecule has 1 unspecified atom stereocenters. The van der Waals surface area contributed by atoms with Crippen molar-refractivity contribution < 1.29 is 14.7 Å². The molecule has 0 bridgehead atoms. The number of aryl methyl sites for hydroxylation is 2. The second-order valence-electron chi connectivity index (χ2n) is 4.75. The molecule has 102 valence electrons. The number of hydrogen-bond donors (Lipinski definition) is 1. The molecule has 0 aromatic heterocycles. The van der Waals surface area contributed by atoms with Gasteiger partial charge in [0.15, 0.2) is 0 Å². The van der Waals surface area contributed by atoms with Crippen molar-refractivity contribution in [2.75, 3.05) is 18.1 Å². The summed E-state index contributed by atoms with van der Waals surface area (Å²) in [5.41, 5.74) is 2.59. The maximum absolute atomic E-state index is 12.5. The predicted octanol–water partition coefficient (Wildman–Crippen LogP) is 1.95. The van der Waals surface area contributed by atoms with E-state index in [1.165, 1.54) is 4.90 Å². The lowest BCUT2D eigenvalue weighted by atomic mass is 10.0. The van der Waals surface area contributed by atoms with Gasteiger partial charge >= 0.3 is 5.97 Å². The summed E-state index contributed by atoms with van der Waals surface area (Å²) in [5.74, 6) is 0.155. The van der Waals surface area contributed by atoms with Gasteiger partial charge < -0.3 is 10.0 Å². The number of thioether (sulfide) groups is 1. The number of carbonyl (C=O) groups is 2. The van der Waals surface area contributed by atoms with Crippen molar-refractivity contribution in [1.82, 2.24) is 4.90 Å². The van der Waals surface area contributed by atoms with Gasteiger partial charge in [0.25, 0.3) is 5.91 Å². The normalized spacial score (nSPS) is 19.3. The number of benzene rings is 1. The van der Waals surface area contributed by atoms with Crippen LogP contribution in [0.25, 0.3) is 0 Å². The van der Waals surface area contributed by atoms with Crippen molar-refractivity contribution in [3.05, 3.63) is 34.9 Å². The quantitative estimate of drug-likeness (QED) is 0.899. The first kappa shape index (κ1) is 13.9. The second-order valence-corrected chi connectivity index (χ2v) is 5.90. The molecule has 1 atom stereocenters. The summed E-state index contributed by atoms with van der Waals surface area (Å²) in [7, 11) is 0. The summed E-state index contributed by atoms with van der Waals surface area (Å²) in [6, 6.07) is 4.90. The molecule has 1 aromatic rings. The summed E-state index contributed by atoms with van der Waals surface area (Å²) in [5, 5.41) is 9.21. The minimum atomic E-state index is -0.926. The Labute approximate surface area is 116 Å². The van der Waals surface area contributed by atoms with Crippen molar-refractivity contribution >= 4 is 23.6 Å². The number of carboxylic acids is 1. The highest BCUT2D eigenvalue weighted by Gasteiger charge is 2.33. The highest BCUT2D eigenvalue weighted by molar-refractivity contribution is 7.99. The van der Waals surface area contributed by atoms with Crippen molar-refractivity contribution in [3.63, 3.8) is 0 Å². The molecule has 1 aliphatic rings. The first-order valence-electron chi connectivity index (χ1n) is 6.19. The third-order valence-corrected chi connectivity index (χ3v) is 4.31. The van der Waals surface area contributed by atoms with Crippen molar-refractivity contribution in [1.29, 1.82) is 0 Å². The maximum Gasteiger partial charge on any atom is 0.327 e.